The summed E-state index contributed by atoms with van der Waals surface area (Å²) < 4.78 is 0. The van der Waals surface area contributed by atoms with Gasteiger partial charge in [0, 0.05) is 13.1 Å². The van der Waals surface area contributed by atoms with Gasteiger partial charge >= 0.3 is 0 Å². The van der Waals surface area contributed by atoms with Crippen LogP contribution >= 0.6 is 0 Å². The molecule has 0 unspecified atom stereocenters. The van der Waals surface area contributed by atoms with Crippen molar-refractivity contribution in [1.29, 1.82) is 5.26 Å². The molecule has 33 heavy (non-hydrogen) atoms. The van der Waals surface area contributed by atoms with Gasteiger partial charge in [0.05, 0.1) is 22.9 Å². The van der Waals surface area contributed by atoms with Gasteiger partial charge in [-0.05, 0) is 61.7 Å². The maximum Gasteiger partial charge on any atom is 0.282 e. The van der Waals surface area contributed by atoms with E-state index in [4.69, 9.17) is 5.26 Å². The van der Waals surface area contributed by atoms with E-state index in [1.165, 1.54) is 4.90 Å². The fourth-order valence-corrected chi connectivity index (χ4v) is 4.22. The van der Waals surface area contributed by atoms with Crippen LogP contribution in [0, 0.1) is 25.2 Å². The van der Waals surface area contributed by atoms with Crippen molar-refractivity contribution < 1.29 is 9.59 Å². The Labute approximate surface area is 194 Å². The molecule has 0 aliphatic carbocycles. The number of carbonyl (C=O) groups is 2. The average Bonchev–Trinajstić information content (AvgIpc) is 3.08. The molecular formula is C28H25N3O2. The second kappa shape index (κ2) is 9.13. The number of aryl methyl sites for hydroxylation is 2. The van der Waals surface area contributed by atoms with Crippen LogP contribution in [0.3, 0.4) is 0 Å². The first kappa shape index (κ1) is 22.0. The predicted molar refractivity (Wildman–Crippen MR) is 129 cm³/mol. The van der Waals surface area contributed by atoms with E-state index in [0.29, 0.717) is 35.6 Å². The molecule has 0 N–H and O–H groups in total. The molecule has 0 fully saturated rings. The fourth-order valence-electron chi connectivity index (χ4n) is 4.22. The Morgan fingerprint density at radius 3 is 2.21 bits per heavy atom. The molecule has 4 rings (SSSR count). The monoisotopic (exact) mass is 435 g/mol. The number of benzene rings is 3. The second-order valence-electron chi connectivity index (χ2n) is 8.15. The molecule has 164 valence electrons. The molecule has 0 saturated heterocycles. The molecule has 3 aromatic rings. The predicted octanol–water partition coefficient (Wildman–Crippen LogP) is 4.98. The van der Waals surface area contributed by atoms with E-state index < -0.39 is 0 Å². The summed E-state index contributed by atoms with van der Waals surface area (Å²) in [5, 5.41) is 9.12. The molecule has 0 atom stereocenters. The molecule has 1 aliphatic rings. The second-order valence-corrected chi connectivity index (χ2v) is 8.15. The van der Waals surface area contributed by atoms with Crippen LogP contribution in [0.2, 0.25) is 0 Å². The summed E-state index contributed by atoms with van der Waals surface area (Å²) in [7, 11) is 0. The Balaban J connectivity index is 1.85. The quantitative estimate of drug-likeness (QED) is 0.512. The zero-order valence-corrected chi connectivity index (χ0v) is 19.0. The van der Waals surface area contributed by atoms with Crippen LogP contribution < -0.4 is 4.90 Å². The highest BCUT2D eigenvalue weighted by Gasteiger charge is 2.42. The molecule has 0 aromatic heterocycles. The van der Waals surface area contributed by atoms with Crippen LogP contribution in [-0.2, 0) is 16.1 Å². The van der Waals surface area contributed by atoms with E-state index in [9.17, 15) is 9.59 Å². The number of amides is 2. The molecule has 1 heterocycles. The van der Waals surface area contributed by atoms with Gasteiger partial charge in [-0.2, -0.15) is 5.26 Å². The summed E-state index contributed by atoms with van der Waals surface area (Å²) in [6.45, 7) is 7.03. The van der Waals surface area contributed by atoms with Crippen LogP contribution in [-0.4, -0.2) is 23.3 Å². The number of likely N-dealkylation sites (N-methyl/N-ethyl adjacent to an activating group) is 1. The summed E-state index contributed by atoms with van der Waals surface area (Å²) in [6, 6.07) is 24.4. The lowest BCUT2D eigenvalue weighted by Crippen LogP contribution is -2.35. The van der Waals surface area contributed by atoms with Crippen LogP contribution in [0.4, 0.5) is 5.69 Å². The number of nitrogens with zero attached hydrogens (tertiary/aromatic N) is 3. The van der Waals surface area contributed by atoms with Crippen molar-refractivity contribution in [3.8, 4) is 6.07 Å². The SMILES string of the molecule is CCN(Cc1ccccc1)C1=C(c2ccc(C)cc2C)C(=O)N(c2ccc(C#N)cc2)C1=O. The minimum Gasteiger partial charge on any atom is -0.362 e. The number of hydrogen-bond acceptors (Lipinski definition) is 4. The van der Waals surface area contributed by atoms with Crippen molar-refractivity contribution in [1.82, 2.24) is 4.90 Å². The third-order valence-electron chi connectivity index (χ3n) is 5.88. The Morgan fingerprint density at radius 1 is 0.909 bits per heavy atom. The summed E-state index contributed by atoms with van der Waals surface area (Å²) >= 11 is 0. The standard InChI is InChI=1S/C28H25N3O2/c1-4-30(18-22-8-6-5-7-9-22)26-25(24-15-10-19(2)16-20(24)3)27(32)31(28(26)33)23-13-11-21(17-29)12-14-23/h5-16H,4,18H2,1-3H3. The smallest absolute Gasteiger partial charge is 0.282 e. The number of hydrogen-bond donors (Lipinski definition) is 0. The summed E-state index contributed by atoms with van der Waals surface area (Å²) in [5.41, 5.74) is 5.61. The number of anilines is 1. The number of nitriles is 1. The van der Waals surface area contributed by atoms with Gasteiger partial charge in [-0.1, -0.05) is 54.1 Å². The molecule has 0 spiro atoms. The highest BCUT2D eigenvalue weighted by atomic mass is 16.2. The highest BCUT2D eigenvalue weighted by Crippen LogP contribution is 2.36. The third-order valence-corrected chi connectivity index (χ3v) is 5.88. The Kier molecular flexibility index (Phi) is 6.10. The number of imide groups is 1. The van der Waals surface area contributed by atoms with Gasteiger partial charge < -0.3 is 4.90 Å². The fraction of sp³-hybridized carbons (Fsp3) is 0.179. The molecule has 5 heteroatoms. The van der Waals surface area contributed by atoms with Gasteiger partial charge in [-0.3, -0.25) is 9.59 Å². The number of rotatable bonds is 6. The molecular weight excluding hydrogens is 410 g/mol. The lowest BCUT2D eigenvalue weighted by Gasteiger charge is -2.25. The minimum absolute atomic E-state index is 0.349. The maximum atomic E-state index is 13.8. The van der Waals surface area contributed by atoms with E-state index in [0.717, 1.165) is 22.3 Å². The van der Waals surface area contributed by atoms with Gasteiger partial charge in [0.15, 0.2) is 0 Å². The molecule has 3 aromatic carbocycles. The van der Waals surface area contributed by atoms with Gasteiger partial charge in [0.1, 0.15) is 5.70 Å². The normalized spacial score (nSPS) is 13.5. The van der Waals surface area contributed by atoms with Crippen molar-refractivity contribution in [3.63, 3.8) is 0 Å². The van der Waals surface area contributed by atoms with Crippen molar-refractivity contribution in [3.05, 3.63) is 106 Å². The van der Waals surface area contributed by atoms with Gasteiger partial charge in [-0.25, -0.2) is 4.90 Å². The van der Waals surface area contributed by atoms with Crippen LogP contribution in [0.1, 0.15) is 34.7 Å². The van der Waals surface area contributed by atoms with Gasteiger partial charge in [0.25, 0.3) is 11.8 Å². The molecule has 2 amide bonds. The van der Waals surface area contributed by atoms with E-state index >= 15 is 0 Å². The Morgan fingerprint density at radius 2 is 1.61 bits per heavy atom. The highest BCUT2D eigenvalue weighted by molar-refractivity contribution is 6.45. The molecule has 1 aliphatic heterocycles. The molecule has 5 nitrogen and oxygen atoms in total. The van der Waals surface area contributed by atoms with Crippen LogP contribution in [0.5, 0.6) is 0 Å². The van der Waals surface area contributed by atoms with E-state index in [1.807, 2.05) is 74.2 Å². The molecule has 0 radical (unpaired) electrons. The van der Waals surface area contributed by atoms with Gasteiger partial charge in [0.2, 0.25) is 0 Å². The maximum absolute atomic E-state index is 13.8. The summed E-state index contributed by atoms with van der Waals surface area (Å²) in [4.78, 5) is 30.7. The van der Waals surface area contributed by atoms with E-state index in [-0.39, 0.29) is 11.8 Å². The van der Waals surface area contributed by atoms with Crippen molar-refractivity contribution in [2.24, 2.45) is 0 Å². The average molecular weight is 436 g/mol. The third kappa shape index (κ3) is 4.16. The zero-order valence-electron chi connectivity index (χ0n) is 19.0. The summed E-state index contributed by atoms with van der Waals surface area (Å²) in [6.07, 6.45) is 0. The Bertz CT molecular complexity index is 1280. The topological polar surface area (TPSA) is 64.4 Å². The first-order chi connectivity index (χ1) is 15.9. The van der Waals surface area contributed by atoms with Crippen LogP contribution in [0.25, 0.3) is 5.57 Å². The van der Waals surface area contributed by atoms with E-state index in [1.54, 1.807) is 24.3 Å². The Hall–Kier alpha value is -4.17. The van der Waals surface area contributed by atoms with Crippen molar-refractivity contribution in [2.75, 3.05) is 11.4 Å². The summed E-state index contributed by atoms with van der Waals surface area (Å²) in [5.74, 6) is -0.698. The van der Waals surface area contributed by atoms with Crippen molar-refractivity contribution in [2.45, 2.75) is 27.3 Å². The van der Waals surface area contributed by atoms with Crippen molar-refractivity contribution >= 4 is 23.1 Å². The lowest BCUT2D eigenvalue weighted by molar-refractivity contribution is -0.120. The first-order valence-corrected chi connectivity index (χ1v) is 10.9. The van der Waals surface area contributed by atoms with Gasteiger partial charge in [-0.15, -0.1) is 0 Å². The number of carbonyl (C=O) groups excluding carboxylic acids is 2. The largest absolute Gasteiger partial charge is 0.362 e. The molecule has 0 bridgehead atoms. The lowest BCUT2D eigenvalue weighted by atomic mass is 9.97. The zero-order chi connectivity index (χ0) is 23.5. The molecule has 0 saturated carbocycles. The van der Waals surface area contributed by atoms with Crippen LogP contribution in [0.15, 0.2) is 78.5 Å². The minimum atomic E-state index is -0.350. The van der Waals surface area contributed by atoms with E-state index in [2.05, 4.69) is 6.07 Å². The first-order valence-electron chi connectivity index (χ1n) is 10.9.